The van der Waals surface area contributed by atoms with Crippen LogP contribution in [-0.4, -0.2) is 46.6 Å². The summed E-state index contributed by atoms with van der Waals surface area (Å²) in [5.41, 5.74) is 0.198. The number of non-ortho nitro benzene ring substituents is 1. The van der Waals surface area contributed by atoms with E-state index in [0.29, 0.717) is 16.7 Å². The number of carbonyl (C=O) groups excluding carboxylic acids is 2. The number of hydrogen-bond donors (Lipinski definition) is 1. The minimum absolute atomic E-state index is 0.0943. The molecule has 0 unspecified atom stereocenters. The van der Waals surface area contributed by atoms with E-state index in [1.165, 1.54) is 37.0 Å². The summed E-state index contributed by atoms with van der Waals surface area (Å²) < 4.78 is 10.4. The summed E-state index contributed by atoms with van der Waals surface area (Å²) in [5.74, 6) is -0.360. The Hall–Kier alpha value is -2.88. The van der Waals surface area contributed by atoms with Crippen molar-refractivity contribution in [1.82, 2.24) is 10.3 Å². The first-order valence-electron chi connectivity index (χ1n) is 7.51. The van der Waals surface area contributed by atoms with Gasteiger partial charge in [0.2, 0.25) is 12.7 Å². The van der Waals surface area contributed by atoms with Crippen LogP contribution in [-0.2, 0) is 14.3 Å². The first-order chi connectivity index (χ1) is 12.4. The molecule has 0 aliphatic heterocycles. The molecule has 1 heterocycles. The Morgan fingerprint density at radius 1 is 1.38 bits per heavy atom. The maximum atomic E-state index is 12.0. The smallest absolute Gasteiger partial charge is 0.332 e. The fourth-order valence-electron chi connectivity index (χ4n) is 2.24. The van der Waals surface area contributed by atoms with Crippen LogP contribution in [0, 0.1) is 10.1 Å². The van der Waals surface area contributed by atoms with Crippen molar-refractivity contribution in [1.29, 1.82) is 0 Å². The highest BCUT2D eigenvalue weighted by atomic mass is 32.2. The molecular weight excluding hydrogens is 362 g/mol. The summed E-state index contributed by atoms with van der Waals surface area (Å²) in [6.45, 7) is 0.901. The molecule has 0 aliphatic rings. The van der Waals surface area contributed by atoms with Crippen molar-refractivity contribution in [3.63, 3.8) is 0 Å². The predicted octanol–water partition coefficient (Wildman–Crippen LogP) is 1.89. The minimum atomic E-state index is -0.780. The molecular formula is C16H17N3O6S. The number of amides is 1. The molecule has 1 aromatic heterocycles. The number of nitrogens with one attached hydrogen (secondary N) is 1. The zero-order valence-corrected chi connectivity index (χ0v) is 14.9. The van der Waals surface area contributed by atoms with Gasteiger partial charge in [0.15, 0.2) is 0 Å². The maximum absolute atomic E-state index is 12.0. The predicted molar refractivity (Wildman–Crippen MR) is 96.0 cm³/mol. The monoisotopic (exact) mass is 379 g/mol. The number of rotatable bonds is 8. The first kappa shape index (κ1) is 19.4. The van der Waals surface area contributed by atoms with Crippen molar-refractivity contribution in [3.8, 4) is 5.75 Å². The SMILES string of the molecule is CSC[C@H](NC(C)=O)C(=O)OCOc1ccc([N+](=O)[O-])c2cccnc12. The van der Waals surface area contributed by atoms with Gasteiger partial charge in [-0.3, -0.25) is 19.9 Å². The number of thioether (sulfide) groups is 1. The normalized spacial score (nSPS) is 11.6. The van der Waals surface area contributed by atoms with Crippen LogP contribution in [0.5, 0.6) is 5.75 Å². The van der Waals surface area contributed by atoms with Crippen LogP contribution in [0.3, 0.4) is 0 Å². The van der Waals surface area contributed by atoms with Gasteiger partial charge in [-0.15, -0.1) is 0 Å². The Balaban J connectivity index is 2.08. The van der Waals surface area contributed by atoms with E-state index in [0.717, 1.165) is 0 Å². The summed E-state index contributed by atoms with van der Waals surface area (Å²) in [7, 11) is 0. The van der Waals surface area contributed by atoms with Crippen LogP contribution < -0.4 is 10.1 Å². The van der Waals surface area contributed by atoms with Crippen LogP contribution in [0.2, 0.25) is 0 Å². The van der Waals surface area contributed by atoms with Crippen molar-refractivity contribution < 1.29 is 24.0 Å². The fourth-order valence-corrected chi connectivity index (χ4v) is 2.79. The number of ether oxygens (including phenoxy) is 2. The number of nitro benzene ring substituents is 1. The molecule has 1 amide bonds. The van der Waals surface area contributed by atoms with Gasteiger partial charge < -0.3 is 14.8 Å². The van der Waals surface area contributed by atoms with Crippen molar-refractivity contribution >= 4 is 40.2 Å². The lowest BCUT2D eigenvalue weighted by molar-refractivity contribution is -0.383. The molecule has 1 N–H and O–H groups in total. The van der Waals surface area contributed by atoms with Crippen LogP contribution >= 0.6 is 11.8 Å². The van der Waals surface area contributed by atoms with Crippen LogP contribution in [0.25, 0.3) is 10.9 Å². The Morgan fingerprint density at radius 2 is 2.15 bits per heavy atom. The lowest BCUT2D eigenvalue weighted by Gasteiger charge is -2.16. The third kappa shape index (κ3) is 4.82. The summed E-state index contributed by atoms with van der Waals surface area (Å²) in [4.78, 5) is 37.8. The van der Waals surface area contributed by atoms with Gasteiger partial charge in [0, 0.05) is 24.9 Å². The molecule has 0 radical (unpaired) electrons. The molecule has 0 aliphatic carbocycles. The second-order valence-electron chi connectivity index (χ2n) is 5.17. The molecule has 1 atom stereocenters. The van der Waals surface area contributed by atoms with Crippen LogP contribution in [0.1, 0.15) is 6.92 Å². The van der Waals surface area contributed by atoms with Crippen LogP contribution in [0.15, 0.2) is 30.5 Å². The lowest BCUT2D eigenvalue weighted by atomic mass is 10.1. The van der Waals surface area contributed by atoms with E-state index in [1.54, 1.807) is 18.4 Å². The summed E-state index contributed by atoms with van der Waals surface area (Å²) in [6, 6.07) is 5.06. The largest absolute Gasteiger partial charge is 0.455 e. The minimum Gasteiger partial charge on any atom is -0.455 e. The Morgan fingerprint density at radius 3 is 2.81 bits per heavy atom. The fraction of sp³-hybridized carbons (Fsp3) is 0.312. The molecule has 1 aromatic carbocycles. The highest BCUT2D eigenvalue weighted by Gasteiger charge is 2.21. The number of carbonyl (C=O) groups is 2. The molecule has 0 fully saturated rings. The number of pyridine rings is 1. The van der Waals surface area contributed by atoms with E-state index in [-0.39, 0.29) is 17.3 Å². The van der Waals surface area contributed by atoms with E-state index < -0.39 is 23.7 Å². The van der Waals surface area contributed by atoms with Gasteiger partial charge in [-0.2, -0.15) is 11.8 Å². The van der Waals surface area contributed by atoms with Gasteiger partial charge in [-0.25, -0.2) is 4.79 Å². The molecule has 9 nitrogen and oxygen atoms in total. The lowest BCUT2D eigenvalue weighted by Crippen LogP contribution is -2.43. The molecule has 2 aromatic rings. The number of aromatic nitrogens is 1. The molecule has 0 saturated carbocycles. The standard InChI is InChI=1S/C16H17N3O6S/c1-10(20)18-12(8-26-2)16(21)25-9-24-14-6-5-13(19(22)23)11-4-3-7-17-15(11)14/h3-7,12H,8-9H2,1-2H3,(H,18,20)/t12-/m0/s1. The van der Waals surface area contributed by atoms with Crippen molar-refractivity contribution in [3.05, 3.63) is 40.6 Å². The Kier molecular flexibility index (Phi) is 6.73. The van der Waals surface area contributed by atoms with Gasteiger partial charge >= 0.3 is 5.97 Å². The van der Waals surface area contributed by atoms with Gasteiger partial charge in [-0.1, -0.05) is 0 Å². The second-order valence-corrected chi connectivity index (χ2v) is 6.08. The summed E-state index contributed by atoms with van der Waals surface area (Å²) in [6.07, 6.45) is 3.28. The molecule has 2 rings (SSSR count). The number of benzene rings is 1. The van der Waals surface area contributed by atoms with Gasteiger partial charge in [0.05, 0.1) is 10.3 Å². The topological polar surface area (TPSA) is 121 Å². The first-order valence-corrected chi connectivity index (χ1v) is 8.91. The average Bonchev–Trinajstić information content (AvgIpc) is 2.60. The molecule has 0 spiro atoms. The van der Waals surface area contributed by atoms with Gasteiger partial charge in [0.1, 0.15) is 17.3 Å². The van der Waals surface area contributed by atoms with Crippen molar-refractivity contribution in [2.45, 2.75) is 13.0 Å². The van der Waals surface area contributed by atoms with E-state index in [4.69, 9.17) is 9.47 Å². The summed E-state index contributed by atoms with van der Waals surface area (Å²) >= 11 is 1.39. The molecule has 0 bridgehead atoms. The van der Waals surface area contributed by atoms with Crippen molar-refractivity contribution in [2.75, 3.05) is 18.8 Å². The van der Waals surface area contributed by atoms with E-state index in [1.807, 2.05) is 0 Å². The van der Waals surface area contributed by atoms with Crippen LogP contribution in [0.4, 0.5) is 5.69 Å². The highest BCUT2D eigenvalue weighted by molar-refractivity contribution is 7.98. The number of fused-ring (bicyclic) bond motifs is 1. The molecule has 138 valence electrons. The third-order valence-electron chi connectivity index (χ3n) is 3.32. The van der Waals surface area contributed by atoms with E-state index >= 15 is 0 Å². The van der Waals surface area contributed by atoms with E-state index in [9.17, 15) is 19.7 Å². The van der Waals surface area contributed by atoms with Gasteiger partial charge in [-0.05, 0) is 24.5 Å². The third-order valence-corrected chi connectivity index (χ3v) is 3.98. The zero-order chi connectivity index (χ0) is 19.1. The number of esters is 1. The van der Waals surface area contributed by atoms with Gasteiger partial charge in [0.25, 0.3) is 5.69 Å². The quantitative estimate of drug-likeness (QED) is 0.319. The molecule has 0 saturated heterocycles. The second kappa shape index (κ2) is 8.99. The Bertz CT molecular complexity index is 829. The zero-order valence-electron chi connectivity index (χ0n) is 14.1. The maximum Gasteiger partial charge on any atom is 0.332 e. The highest BCUT2D eigenvalue weighted by Crippen LogP contribution is 2.31. The van der Waals surface area contributed by atoms with Crippen molar-refractivity contribution in [2.24, 2.45) is 0 Å². The molecule has 26 heavy (non-hydrogen) atoms. The number of hydrogen-bond acceptors (Lipinski definition) is 8. The summed E-state index contributed by atoms with van der Waals surface area (Å²) in [5, 5.41) is 13.9. The Labute approximate surface area is 153 Å². The number of nitrogens with zero attached hydrogens (tertiary/aromatic N) is 2. The molecule has 10 heteroatoms. The number of nitro groups is 1. The van der Waals surface area contributed by atoms with E-state index in [2.05, 4.69) is 10.3 Å². The average molecular weight is 379 g/mol.